The van der Waals surface area contributed by atoms with Crippen LogP contribution in [0, 0.1) is 0 Å². The number of benzene rings is 2. The lowest BCUT2D eigenvalue weighted by molar-refractivity contribution is -0.159. The van der Waals surface area contributed by atoms with E-state index in [2.05, 4.69) is 5.32 Å². The molecule has 22 heavy (non-hydrogen) atoms. The highest BCUT2D eigenvalue weighted by atomic mass is 16.7. The summed E-state index contributed by atoms with van der Waals surface area (Å²) in [6, 6.07) is 19.8. The molecule has 0 aliphatic rings. The predicted octanol–water partition coefficient (Wildman–Crippen LogP) is 2.71. The quantitative estimate of drug-likeness (QED) is 0.800. The van der Waals surface area contributed by atoms with Gasteiger partial charge in [-0.15, -0.1) is 0 Å². The maximum Gasteiger partial charge on any atom is 0.277 e. The van der Waals surface area contributed by atoms with E-state index in [0.717, 1.165) is 11.1 Å². The zero-order chi connectivity index (χ0) is 15.8. The second-order valence-corrected chi connectivity index (χ2v) is 4.96. The Balaban J connectivity index is 2.17. The maximum absolute atomic E-state index is 12.2. The lowest BCUT2D eigenvalue weighted by Crippen LogP contribution is -2.39. The largest absolute Gasteiger partial charge is 0.348 e. The molecule has 2 rings (SSSR count). The summed E-state index contributed by atoms with van der Waals surface area (Å²) in [6.45, 7) is 0. The van der Waals surface area contributed by atoms with Crippen LogP contribution in [-0.2, 0) is 20.7 Å². The van der Waals surface area contributed by atoms with Crippen molar-refractivity contribution in [1.82, 2.24) is 5.32 Å². The van der Waals surface area contributed by atoms with Crippen LogP contribution in [0.1, 0.15) is 17.2 Å². The molecule has 0 spiro atoms. The maximum atomic E-state index is 12.2. The van der Waals surface area contributed by atoms with Gasteiger partial charge in [0.2, 0.25) is 6.29 Å². The van der Waals surface area contributed by atoms with Crippen molar-refractivity contribution < 1.29 is 14.3 Å². The second-order valence-electron chi connectivity index (χ2n) is 4.96. The van der Waals surface area contributed by atoms with Crippen LogP contribution in [0.5, 0.6) is 0 Å². The number of carbonyl (C=O) groups is 1. The van der Waals surface area contributed by atoms with Crippen LogP contribution in [-0.4, -0.2) is 26.4 Å². The summed E-state index contributed by atoms with van der Waals surface area (Å²) in [5, 5.41) is 2.99. The van der Waals surface area contributed by atoms with Crippen LogP contribution in [0.15, 0.2) is 60.7 Å². The standard InChI is InChI=1S/C18H21NO3/c1-21-18(22-2)17(20)19-16(15-11-7-4-8-12-15)13-14-9-5-3-6-10-14/h3-12,16,18H,13H2,1-2H3,(H,19,20). The Labute approximate surface area is 131 Å². The molecule has 0 heterocycles. The number of amides is 1. The summed E-state index contributed by atoms with van der Waals surface area (Å²) in [6.07, 6.45) is -0.196. The van der Waals surface area contributed by atoms with Gasteiger partial charge in [0.25, 0.3) is 5.91 Å². The van der Waals surface area contributed by atoms with E-state index in [1.54, 1.807) is 0 Å². The first-order valence-electron chi connectivity index (χ1n) is 7.19. The van der Waals surface area contributed by atoms with E-state index < -0.39 is 6.29 Å². The van der Waals surface area contributed by atoms with E-state index in [9.17, 15) is 4.79 Å². The van der Waals surface area contributed by atoms with E-state index in [0.29, 0.717) is 6.42 Å². The summed E-state index contributed by atoms with van der Waals surface area (Å²) in [7, 11) is 2.89. The molecule has 1 amide bonds. The minimum absolute atomic E-state index is 0.135. The first-order chi connectivity index (χ1) is 10.7. The van der Waals surface area contributed by atoms with Crippen molar-refractivity contribution in [1.29, 1.82) is 0 Å². The van der Waals surface area contributed by atoms with Crippen molar-refractivity contribution in [2.75, 3.05) is 14.2 Å². The zero-order valence-electron chi connectivity index (χ0n) is 12.9. The first-order valence-corrected chi connectivity index (χ1v) is 7.19. The SMILES string of the molecule is COC(OC)C(=O)NC(Cc1ccccc1)c1ccccc1. The van der Waals surface area contributed by atoms with Crippen molar-refractivity contribution >= 4 is 5.91 Å². The van der Waals surface area contributed by atoms with Crippen LogP contribution in [0.3, 0.4) is 0 Å². The highest BCUT2D eigenvalue weighted by Gasteiger charge is 2.21. The Morgan fingerprint density at radius 3 is 2.05 bits per heavy atom. The summed E-state index contributed by atoms with van der Waals surface area (Å²) < 4.78 is 10.0. The van der Waals surface area contributed by atoms with Gasteiger partial charge in [-0.25, -0.2) is 0 Å². The van der Waals surface area contributed by atoms with Gasteiger partial charge in [-0.1, -0.05) is 60.7 Å². The third kappa shape index (κ3) is 4.41. The summed E-state index contributed by atoms with van der Waals surface area (Å²) in [4.78, 5) is 12.2. The third-order valence-corrected chi connectivity index (χ3v) is 3.44. The summed E-state index contributed by atoms with van der Waals surface area (Å²) >= 11 is 0. The van der Waals surface area contributed by atoms with Crippen molar-refractivity contribution in [2.45, 2.75) is 18.8 Å². The Bertz CT molecular complexity index is 567. The van der Waals surface area contributed by atoms with E-state index in [4.69, 9.17) is 9.47 Å². The lowest BCUT2D eigenvalue weighted by Gasteiger charge is -2.22. The Morgan fingerprint density at radius 1 is 0.955 bits per heavy atom. The molecule has 4 heteroatoms. The normalized spacial score (nSPS) is 12.1. The van der Waals surface area contributed by atoms with Gasteiger partial charge in [0.15, 0.2) is 0 Å². The van der Waals surface area contributed by atoms with Gasteiger partial charge in [-0.05, 0) is 17.5 Å². The van der Waals surface area contributed by atoms with E-state index >= 15 is 0 Å². The van der Waals surface area contributed by atoms with E-state index in [1.165, 1.54) is 14.2 Å². The number of hydrogen-bond donors (Lipinski definition) is 1. The number of ether oxygens (including phenoxy) is 2. The fraction of sp³-hybridized carbons (Fsp3) is 0.278. The van der Waals surface area contributed by atoms with E-state index in [-0.39, 0.29) is 11.9 Å². The van der Waals surface area contributed by atoms with Crippen LogP contribution in [0.2, 0.25) is 0 Å². The Kier molecular flexibility index (Phi) is 6.13. The molecule has 2 aromatic rings. The minimum atomic E-state index is -0.901. The van der Waals surface area contributed by atoms with Gasteiger partial charge in [-0.3, -0.25) is 4.79 Å². The smallest absolute Gasteiger partial charge is 0.277 e. The van der Waals surface area contributed by atoms with Crippen molar-refractivity contribution in [2.24, 2.45) is 0 Å². The van der Waals surface area contributed by atoms with E-state index in [1.807, 2.05) is 60.7 Å². The van der Waals surface area contributed by atoms with Crippen LogP contribution in [0.4, 0.5) is 0 Å². The molecule has 0 saturated heterocycles. The van der Waals surface area contributed by atoms with Gasteiger partial charge in [-0.2, -0.15) is 0 Å². The van der Waals surface area contributed by atoms with Crippen LogP contribution >= 0.6 is 0 Å². The topological polar surface area (TPSA) is 47.6 Å². The number of nitrogens with one attached hydrogen (secondary N) is 1. The van der Waals surface area contributed by atoms with Gasteiger partial charge in [0.1, 0.15) is 0 Å². The fourth-order valence-electron chi connectivity index (χ4n) is 2.34. The molecular weight excluding hydrogens is 278 g/mol. The van der Waals surface area contributed by atoms with Crippen LogP contribution < -0.4 is 5.32 Å². The van der Waals surface area contributed by atoms with Crippen molar-refractivity contribution in [3.05, 3.63) is 71.8 Å². The second kappa shape index (κ2) is 8.32. The number of methoxy groups -OCH3 is 2. The molecule has 4 nitrogen and oxygen atoms in total. The average Bonchev–Trinajstić information content (AvgIpc) is 2.57. The number of carbonyl (C=O) groups excluding carboxylic acids is 1. The molecule has 116 valence electrons. The molecule has 1 unspecified atom stereocenters. The molecule has 1 N–H and O–H groups in total. The van der Waals surface area contributed by atoms with Crippen molar-refractivity contribution in [3.63, 3.8) is 0 Å². The molecule has 0 radical (unpaired) electrons. The number of rotatable bonds is 7. The Morgan fingerprint density at radius 2 is 1.50 bits per heavy atom. The monoisotopic (exact) mass is 299 g/mol. The molecule has 2 aromatic carbocycles. The number of hydrogen-bond acceptors (Lipinski definition) is 3. The summed E-state index contributed by atoms with van der Waals surface area (Å²) in [5.41, 5.74) is 2.20. The Hall–Kier alpha value is -2.17. The molecule has 0 saturated carbocycles. The lowest BCUT2D eigenvalue weighted by atomic mass is 9.99. The van der Waals surface area contributed by atoms with Gasteiger partial charge >= 0.3 is 0 Å². The fourth-order valence-corrected chi connectivity index (χ4v) is 2.34. The molecule has 0 fully saturated rings. The molecule has 0 aromatic heterocycles. The highest BCUT2D eigenvalue weighted by Crippen LogP contribution is 2.18. The minimum Gasteiger partial charge on any atom is -0.348 e. The zero-order valence-corrected chi connectivity index (χ0v) is 12.9. The third-order valence-electron chi connectivity index (χ3n) is 3.44. The molecular formula is C18H21NO3. The molecule has 1 atom stereocenters. The first kappa shape index (κ1) is 16.2. The van der Waals surface area contributed by atoms with Gasteiger partial charge < -0.3 is 14.8 Å². The molecule has 0 aliphatic carbocycles. The van der Waals surface area contributed by atoms with Crippen LogP contribution in [0.25, 0.3) is 0 Å². The van der Waals surface area contributed by atoms with Gasteiger partial charge in [0.05, 0.1) is 6.04 Å². The molecule has 0 aliphatic heterocycles. The van der Waals surface area contributed by atoms with Crippen molar-refractivity contribution in [3.8, 4) is 0 Å². The average molecular weight is 299 g/mol. The van der Waals surface area contributed by atoms with Gasteiger partial charge in [0, 0.05) is 14.2 Å². The highest BCUT2D eigenvalue weighted by molar-refractivity contribution is 5.79. The predicted molar refractivity (Wildman–Crippen MR) is 85.3 cm³/mol. The molecule has 0 bridgehead atoms. The summed E-state index contributed by atoms with van der Waals surface area (Å²) in [5.74, 6) is -0.283.